The van der Waals surface area contributed by atoms with E-state index in [1.165, 1.54) is 29.0 Å². The summed E-state index contributed by atoms with van der Waals surface area (Å²) in [5, 5.41) is 19.0. The summed E-state index contributed by atoms with van der Waals surface area (Å²) in [4.78, 5) is 18.9. The number of nitrogens with zero attached hydrogens (tertiary/aromatic N) is 5. The van der Waals surface area contributed by atoms with Crippen molar-refractivity contribution in [3.8, 4) is 0 Å². The van der Waals surface area contributed by atoms with E-state index < -0.39 is 29.3 Å². The van der Waals surface area contributed by atoms with Gasteiger partial charge in [-0.15, -0.1) is 0 Å². The number of aliphatic hydroxyl groups excluding tert-OH is 1. The quantitative estimate of drug-likeness (QED) is 0.349. The van der Waals surface area contributed by atoms with Gasteiger partial charge in [-0.1, -0.05) is 0 Å². The Morgan fingerprint density at radius 2 is 2.10 bits per heavy atom. The van der Waals surface area contributed by atoms with Crippen molar-refractivity contribution in [3.05, 3.63) is 71.3 Å². The molecule has 3 heterocycles. The standard InChI is InChI=1S/C19H15F2N7O2/c1-9(25-26-19(22)30)12-4-5-15-24-8-14(28(15)27-12)18(29)16-11(20)7-13-10(17(16)21)3-2-6-23-13/h2-8,18,29H,1H3,(H3,22,26,30)/b25-9-. The monoisotopic (exact) mass is 411 g/mol. The topological polar surface area (TPSA) is 131 Å². The Kier molecular flexibility index (Phi) is 4.80. The molecule has 30 heavy (non-hydrogen) atoms. The van der Waals surface area contributed by atoms with Crippen molar-refractivity contribution in [2.24, 2.45) is 10.8 Å². The van der Waals surface area contributed by atoms with Gasteiger partial charge in [-0.3, -0.25) is 4.98 Å². The highest BCUT2D eigenvalue weighted by Crippen LogP contribution is 2.31. The van der Waals surface area contributed by atoms with Crippen LogP contribution in [0.4, 0.5) is 13.6 Å². The third kappa shape index (κ3) is 3.31. The summed E-state index contributed by atoms with van der Waals surface area (Å²) in [6, 6.07) is 6.35. The number of aromatic nitrogens is 4. The second-order valence-electron chi connectivity index (χ2n) is 6.40. The number of hydrogen-bond donors (Lipinski definition) is 3. The molecule has 3 aromatic heterocycles. The van der Waals surface area contributed by atoms with Crippen molar-refractivity contribution in [1.82, 2.24) is 25.0 Å². The Bertz CT molecular complexity index is 1320. The number of primary amides is 1. The zero-order valence-electron chi connectivity index (χ0n) is 15.5. The molecule has 4 rings (SSSR count). The molecule has 0 aliphatic carbocycles. The predicted octanol–water partition coefficient (Wildman–Crippen LogP) is 2.03. The lowest BCUT2D eigenvalue weighted by Gasteiger charge is -2.14. The lowest BCUT2D eigenvalue weighted by molar-refractivity contribution is 0.202. The number of hydrogen-bond acceptors (Lipinski definition) is 6. The smallest absolute Gasteiger partial charge is 0.332 e. The van der Waals surface area contributed by atoms with Crippen molar-refractivity contribution < 1.29 is 18.7 Å². The second kappa shape index (κ2) is 7.44. The van der Waals surface area contributed by atoms with Crippen LogP contribution in [-0.2, 0) is 0 Å². The number of carbonyl (C=O) groups excluding carboxylic acids is 1. The van der Waals surface area contributed by atoms with Crippen molar-refractivity contribution in [2.45, 2.75) is 13.0 Å². The Labute approximate surface area is 167 Å². The first-order valence-electron chi connectivity index (χ1n) is 8.72. The van der Waals surface area contributed by atoms with E-state index in [1.807, 2.05) is 0 Å². The molecular weight excluding hydrogens is 396 g/mol. The number of fused-ring (bicyclic) bond motifs is 2. The molecule has 0 bridgehead atoms. The molecule has 1 aromatic carbocycles. The van der Waals surface area contributed by atoms with Crippen LogP contribution >= 0.6 is 0 Å². The SMILES string of the molecule is C/C(=N/NC(N)=O)c1ccc2ncc(C(O)c3c(F)cc4ncccc4c3F)n2n1. The van der Waals surface area contributed by atoms with Crippen molar-refractivity contribution >= 4 is 28.3 Å². The number of benzene rings is 1. The second-order valence-corrected chi connectivity index (χ2v) is 6.40. The van der Waals surface area contributed by atoms with Crippen LogP contribution in [0.5, 0.6) is 0 Å². The summed E-state index contributed by atoms with van der Waals surface area (Å²) in [5.41, 5.74) is 7.70. The molecule has 1 atom stereocenters. The highest BCUT2D eigenvalue weighted by atomic mass is 19.1. The number of urea groups is 1. The highest BCUT2D eigenvalue weighted by Gasteiger charge is 2.25. The molecule has 4 N–H and O–H groups in total. The fourth-order valence-electron chi connectivity index (χ4n) is 3.03. The first-order chi connectivity index (χ1) is 14.4. The molecule has 1 unspecified atom stereocenters. The van der Waals surface area contributed by atoms with Crippen LogP contribution in [0.15, 0.2) is 47.8 Å². The maximum atomic E-state index is 15.0. The van der Waals surface area contributed by atoms with Crippen LogP contribution in [0.3, 0.4) is 0 Å². The number of pyridine rings is 1. The minimum atomic E-state index is -1.69. The molecule has 0 radical (unpaired) electrons. The Morgan fingerprint density at radius 1 is 1.30 bits per heavy atom. The average Bonchev–Trinajstić information content (AvgIpc) is 3.15. The number of halogens is 2. The third-order valence-electron chi connectivity index (χ3n) is 4.48. The van der Waals surface area contributed by atoms with Crippen molar-refractivity contribution in [3.63, 3.8) is 0 Å². The minimum Gasteiger partial charge on any atom is -0.382 e. The summed E-state index contributed by atoms with van der Waals surface area (Å²) < 4.78 is 30.9. The number of nitrogens with one attached hydrogen (secondary N) is 1. The number of imidazole rings is 1. The van der Waals surface area contributed by atoms with Crippen LogP contribution in [0, 0.1) is 11.6 Å². The van der Waals surface area contributed by atoms with Crippen LogP contribution < -0.4 is 11.2 Å². The summed E-state index contributed by atoms with van der Waals surface area (Å²) in [6.45, 7) is 1.58. The molecule has 0 spiro atoms. The number of amides is 2. The molecule has 0 aliphatic heterocycles. The maximum Gasteiger partial charge on any atom is 0.332 e. The number of hydrazone groups is 1. The van der Waals surface area contributed by atoms with E-state index in [0.717, 1.165) is 6.07 Å². The van der Waals surface area contributed by atoms with Crippen molar-refractivity contribution in [1.29, 1.82) is 0 Å². The van der Waals surface area contributed by atoms with Gasteiger partial charge in [-0.2, -0.15) is 10.2 Å². The first kappa shape index (κ1) is 19.3. The van der Waals surface area contributed by atoms with E-state index in [-0.39, 0.29) is 16.6 Å². The summed E-state index contributed by atoms with van der Waals surface area (Å²) >= 11 is 0. The molecule has 0 saturated heterocycles. The minimum absolute atomic E-state index is 0.0450. The van der Waals surface area contributed by atoms with Crippen molar-refractivity contribution in [2.75, 3.05) is 0 Å². The number of rotatable bonds is 4. The molecular formula is C19H15F2N7O2. The molecule has 4 aromatic rings. The summed E-state index contributed by atoms with van der Waals surface area (Å²) in [7, 11) is 0. The molecule has 11 heteroatoms. The molecule has 0 fully saturated rings. The van der Waals surface area contributed by atoms with Gasteiger partial charge in [0.05, 0.1) is 28.7 Å². The van der Waals surface area contributed by atoms with E-state index >= 15 is 0 Å². The Hall–Kier alpha value is -3.99. The number of nitrogens with two attached hydrogens (primary N) is 1. The number of carbonyl (C=O) groups is 1. The Balaban J connectivity index is 1.82. The van der Waals surface area contributed by atoms with E-state index in [4.69, 9.17) is 5.73 Å². The van der Waals surface area contributed by atoms with E-state index in [9.17, 15) is 18.7 Å². The molecule has 0 aliphatic rings. The van der Waals surface area contributed by atoms with Gasteiger partial charge >= 0.3 is 6.03 Å². The molecule has 9 nitrogen and oxygen atoms in total. The zero-order valence-corrected chi connectivity index (χ0v) is 15.5. The first-order valence-corrected chi connectivity index (χ1v) is 8.72. The van der Waals surface area contributed by atoms with Gasteiger partial charge in [-0.05, 0) is 31.2 Å². The lowest BCUT2D eigenvalue weighted by atomic mass is 10.0. The van der Waals surface area contributed by atoms with E-state index in [1.54, 1.807) is 19.1 Å². The van der Waals surface area contributed by atoms with E-state index in [2.05, 4.69) is 25.6 Å². The van der Waals surface area contributed by atoms with Gasteiger partial charge < -0.3 is 10.8 Å². The molecule has 152 valence electrons. The normalized spacial score (nSPS) is 13.0. The van der Waals surface area contributed by atoms with Gasteiger partial charge in [0.25, 0.3) is 0 Å². The zero-order chi connectivity index (χ0) is 21.4. The third-order valence-corrected chi connectivity index (χ3v) is 4.48. The fraction of sp³-hybridized carbons (Fsp3) is 0.105. The molecule has 2 amide bonds. The van der Waals surface area contributed by atoms with Gasteiger partial charge in [0.2, 0.25) is 0 Å². The number of aliphatic hydroxyl groups is 1. The lowest BCUT2D eigenvalue weighted by Crippen LogP contribution is -2.25. The average molecular weight is 411 g/mol. The maximum absolute atomic E-state index is 15.0. The van der Waals surface area contributed by atoms with Gasteiger partial charge in [0.15, 0.2) is 5.65 Å². The molecule has 0 saturated carbocycles. The highest BCUT2D eigenvalue weighted by molar-refractivity contribution is 5.97. The van der Waals surface area contributed by atoms with Crippen LogP contribution in [0.1, 0.15) is 30.0 Å². The van der Waals surface area contributed by atoms with Crippen LogP contribution in [0.25, 0.3) is 16.6 Å². The van der Waals surface area contributed by atoms with Gasteiger partial charge in [0, 0.05) is 17.6 Å². The van der Waals surface area contributed by atoms with E-state index in [0.29, 0.717) is 17.1 Å². The van der Waals surface area contributed by atoms with Crippen LogP contribution in [0.2, 0.25) is 0 Å². The predicted molar refractivity (Wildman–Crippen MR) is 104 cm³/mol. The largest absolute Gasteiger partial charge is 0.382 e. The van der Waals surface area contributed by atoms with Gasteiger partial charge in [0.1, 0.15) is 23.4 Å². The summed E-state index contributed by atoms with van der Waals surface area (Å²) in [6.07, 6.45) is 1.01. The van der Waals surface area contributed by atoms with Gasteiger partial charge in [-0.25, -0.2) is 28.5 Å². The summed E-state index contributed by atoms with van der Waals surface area (Å²) in [5.74, 6) is -1.86. The van der Waals surface area contributed by atoms with Crippen LogP contribution in [-0.4, -0.2) is 36.4 Å². The Morgan fingerprint density at radius 3 is 2.87 bits per heavy atom. The fourth-order valence-corrected chi connectivity index (χ4v) is 3.03.